The van der Waals surface area contributed by atoms with Gasteiger partial charge in [0, 0.05) is 35.8 Å². The zero-order chi connectivity index (χ0) is 15.6. The molecule has 1 heterocycles. The van der Waals surface area contributed by atoms with Gasteiger partial charge in [-0.05, 0) is 12.0 Å². The standard InChI is InChI=1S/C14H17N3O4/c1-8(2)13(18)7-16-14(19)11-6-15-12-4-3-9(17(20)21)5-10(11)12/h3-6,8,13,15,18H,7H2,1-2H3,(H,16,19). The zero-order valence-electron chi connectivity index (χ0n) is 11.8. The molecule has 1 aromatic heterocycles. The predicted molar refractivity (Wildman–Crippen MR) is 78.1 cm³/mol. The highest BCUT2D eigenvalue weighted by Gasteiger charge is 2.17. The van der Waals surface area contributed by atoms with Crippen LogP contribution in [0.1, 0.15) is 24.2 Å². The smallest absolute Gasteiger partial charge is 0.270 e. The Hall–Kier alpha value is -2.41. The number of aliphatic hydroxyl groups is 1. The minimum absolute atomic E-state index is 0.0364. The Labute approximate surface area is 121 Å². The molecule has 1 atom stereocenters. The van der Waals surface area contributed by atoms with Crippen LogP contribution in [0.2, 0.25) is 0 Å². The van der Waals surface area contributed by atoms with Crippen LogP contribution >= 0.6 is 0 Å². The minimum Gasteiger partial charge on any atom is -0.391 e. The number of hydrogen-bond donors (Lipinski definition) is 3. The number of nitrogens with one attached hydrogen (secondary N) is 2. The van der Waals surface area contributed by atoms with Crippen LogP contribution in [0, 0.1) is 16.0 Å². The van der Waals surface area contributed by atoms with Crippen molar-refractivity contribution in [2.24, 2.45) is 5.92 Å². The molecule has 7 nitrogen and oxygen atoms in total. The van der Waals surface area contributed by atoms with Crippen molar-refractivity contribution in [3.63, 3.8) is 0 Å². The monoisotopic (exact) mass is 291 g/mol. The number of aromatic nitrogens is 1. The van der Waals surface area contributed by atoms with Crippen molar-refractivity contribution in [2.75, 3.05) is 6.54 Å². The van der Waals surface area contributed by atoms with Crippen molar-refractivity contribution >= 4 is 22.5 Å². The summed E-state index contributed by atoms with van der Waals surface area (Å²) in [6, 6.07) is 4.30. The van der Waals surface area contributed by atoms with Gasteiger partial charge in [-0.3, -0.25) is 14.9 Å². The van der Waals surface area contributed by atoms with Crippen molar-refractivity contribution in [2.45, 2.75) is 20.0 Å². The molecule has 112 valence electrons. The molecule has 1 unspecified atom stereocenters. The van der Waals surface area contributed by atoms with Crippen LogP contribution in [0.25, 0.3) is 10.9 Å². The van der Waals surface area contributed by atoms with E-state index in [-0.39, 0.29) is 24.1 Å². The minimum atomic E-state index is -0.631. The number of nitro benzene ring substituents is 1. The summed E-state index contributed by atoms with van der Waals surface area (Å²) in [7, 11) is 0. The molecule has 0 radical (unpaired) electrons. The lowest BCUT2D eigenvalue weighted by molar-refractivity contribution is -0.384. The molecular formula is C14H17N3O4. The van der Waals surface area contributed by atoms with Gasteiger partial charge >= 0.3 is 0 Å². The van der Waals surface area contributed by atoms with E-state index in [0.717, 1.165) is 0 Å². The molecule has 0 aliphatic heterocycles. The maximum atomic E-state index is 12.1. The van der Waals surface area contributed by atoms with E-state index < -0.39 is 11.0 Å². The number of amides is 1. The number of aromatic amines is 1. The molecule has 0 saturated carbocycles. The highest BCUT2D eigenvalue weighted by atomic mass is 16.6. The number of nitrogens with zero attached hydrogens (tertiary/aromatic N) is 1. The van der Waals surface area contributed by atoms with E-state index in [1.165, 1.54) is 18.3 Å². The summed E-state index contributed by atoms with van der Waals surface area (Å²) in [4.78, 5) is 25.3. The third-order valence-electron chi connectivity index (χ3n) is 3.36. The second-order valence-corrected chi connectivity index (χ2v) is 5.21. The predicted octanol–water partition coefficient (Wildman–Crippen LogP) is 1.82. The topological polar surface area (TPSA) is 108 Å². The van der Waals surface area contributed by atoms with Gasteiger partial charge in [0.15, 0.2) is 0 Å². The highest BCUT2D eigenvalue weighted by molar-refractivity contribution is 6.07. The van der Waals surface area contributed by atoms with Crippen LogP contribution in [0.15, 0.2) is 24.4 Å². The first-order chi connectivity index (χ1) is 9.90. The summed E-state index contributed by atoms with van der Waals surface area (Å²) in [6.45, 7) is 3.84. The lowest BCUT2D eigenvalue weighted by atomic mass is 10.1. The maximum Gasteiger partial charge on any atom is 0.270 e. The molecule has 0 saturated heterocycles. The fraction of sp³-hybridized carbons (Fsp3) is 0.357. The first-order valence-corrected chi connectivity index (χ1v) is 6.62. The lowest BCUT2D eigenvalue weighted by Crippen LogP contribution is -2.34. The van der Waals surface area contributed by atoms with Crippen molar-refractivity contribution in [1.29, 1.82) is 0 Å². The van der Waals surface area contributed by atoms with Crippen molar-refractivity contribution < 1.29 is 14.8 Å². The molecule has 0 bridgehead atoms. The number of H-pyrrole nitrogens is 1. The average molecular weight is 291 g/mol. The third kappa shape index (κ3) is 3.19. The number of carbonyl (C=O) groups is 1. The summed E-state index contributed by atoms with van der Waals surface area (Å²) in [5.74, 6) is -0.337. The number of carbonyl (C=O) groups excluding carboxylic acids is 1. The van der Waals surface area contributed by atoms with Crippen LogP contribution < -0.4 is 5.32 Å². The molecule has 3 N–H and O–H groups in total. The van der Waals surface area contributed by atoms with Gasteiger partial charge in [-0.15, -0.1) is 0 Å². The SMILES string of the molecule is CC(C)C(O)CNC(=O)c1c[nH]c2ccc([N+](=O)[O-])cc12. The molecule has 0 aliphatic rings. The largest absolute Gasteiger partial charge is 0.391 e. The van der Waals surface area contributed by atoms with Gasteiger partial charge < -0.3 is 15.4 Å². The Morgan fingerprint density at radius 1 is 1.48 bits per heavy atom. The molecule has 7 heteroatoms. The van der Waals surface area contributed by atoms with Gasteiger partial charge in [0.05, 0.1) is 16.6 Å². The molecule has 1 aromatic carbocycles. The number of non-ortho nitro benzene ring substituents is 1. The van der Waals surface area contributed by atoms with Crippen molar-refractivity contribution in [3.8, 4) is 0 Å². The van der Waals surface area contributed by atoms with E-state index in [4.69, 9.17) is 0 Å². The number of nitro groups is 1. The summed E-state index contributed by atoms with van der Waals surface area (Å²) in [5, 5.41) is 23.6. The number of aliphatic hydroxyl groups excluding tert-OH is 1. The fourth-order valence-electron chi connectivity index (χ4n) is 1.94. The Balaban J connectivity index is 2.23. The molecule has 0 fully saturated rings. The fourth-order valence-corrected chi connectivity index (χ4v) is 1.94. The maximum absolute atomic E-state index is 12.1. The quantitative estimate of drug-likeness (QED) is 0.576. The van der Waals surface area contributed by atoms with Gasteiger partial charge in [0.2, 0.25) is 0 Å². The Morgan fingerprint density at radius 2 is 2.19 bits per heavy atom. The van der Waals surface area contributed by atoms with Crippen LogP contribution in [0.5, 0.6) is 0 Å². The van der Waals surface area contributed by atoms with Crippen LogP contribution in [-0.4, -0.2) is 33.6 Å². The summed E-state index contributed by atoms with van der Waals surface area (Å²) in [6.07, 6.45) is 0.874. The second kappa shape index (κ2) is 5.92. The highest BCUT2D eigenvalue weighted by Crippen LogP contribution is 2.23. The van der Waals surface area contributed by atoms with E-state index in [9.17, 15) is 20.0 Å². The molecule has 1 amide bonds. The van der Waals surface area contributed by atoms with E-state index >= 15 is 0 Å². The van der Waals surface area contributed by atoms with Crippen LogP contribution in [-0.2, 0) is 0 Å². The first kappa shape index (κ1) is 15.0. The van der Waals surface area contributed by atoms with Gasteiger partial charge in [-0.25, -0.2) is 0 Å². The van der Waals surface area contributed by atoms with Gasteiger partial charge in [-0.1, -0.05) is 13.8 Å². The Morgan fingerprint density at radius 3 is 2.81 bits per heavy atom. The first-order valence-electron chi connectivity index (χ1n) is 6.62. The number of benzene rings is 1. The Kier molecular flexibility index (Phi) is 4.23. The summed E-state index contributed by atoms with van der Waals surface area (Å²) >= 11 is 0. The molecular weight excluding hydrogens is 274 g/mol. The summed E-state index contributed by atoms with van der Waals surface area (Å²) in [5.41, 5.74) is 0.901. The average Bonchev–Trinajstić information content (AvgIpc) is 2.86. The number of fused-ring (bicyclic) bond motifs is 1. The molecule has 21 heavy (non-hydrogen) atoms. The number of hydrogen-bond acceptors (Lipinski definition) is 4. The van der Waals surface area contributed by atoms with Crippen molar-refractivity contribution in [3.05, 3.63) is 40.1 Å². The van der Waals surface area contributed by atoms with Gasteiger partial charge in [0.1, 0.15) is 0 Å². The van der Waals surface area contributed by atoms with E-state index in [0.29, 0.717) is 16.5 Å². The van der Waals surface area contributed by atoms with Gasteiger partial charge in [-0.2, -0.15) is 0 Å². The molecule has 0 aliphatic carbocycles. The Bertz CT molecular complexity index is 678. The van der Waals surface area contributed by atoms with Gasteiger partial charge in [0.25, 0.3) is 11.6 Å². The lowest BCUT2D eigenvalue weighted by Gasteiger charge is -2.14. The van der Waals surface area contributed by atoms with Crippen LogP contribution in [0.4, 0.5) is 5.69 Å². The van der Waals surface area contributed by atoms with E-state index in [1.807, 2.05) is 13.8 Å². The van der Waals surface area contributed by atoms with Crippen molar-refractivity contribution in [1.82, 2.24) is 10.3 Å². The second-order valence-electron chi connectivity index (χ2n) is 5.21. The van der Waals surface area contributed by atoms with E-state index in [1.54, 1.807) is 6.07 Å². The molecule has 2 rings (SSSR count). The normalized spacial score (nSPS) is 12.6. The van der Waals surface area contributed by atoms with E-state index in [2.05, 4.69) is 10.3 Å². The number of rotatable bonds is 5. The molecule has 2 aromatic rings. The third-order valence-corrected chi connectivity index (χ3v) is 3.36. The zero-order valence-corrected chi connectivity index (χ0v) is 11.8. The summed E-state index contributed by atoms with van der Waals surface area (Å²) < 4.78 is 0. The molecule has 0 spiro atoms. The van der Waals surface area contributed by atoms with Crippen LogP contribution in [0.3, 0.4) is 0 Å².